The van der Waals surface area contributed by atoms with Gasteiger partial charge in [0.25, 0.3) is 0 Å². The Morgan fingerprint density at radius 1 is 0.824 bits per heavy atom. The van der Waals surface area contributed by atoms with Crippen molar-refractivity contribution in [2.45, 2.75) is 13.8 Å². The number of benzene rings is 2. The van der Waals surface area contributed by atoms with Gasteiger partial charge in [-0.3, -0.25) is 0 Å². The molecule has 0 unspecified atom stereocenters. The molecule has 0 aliphatic rings. The zero-order chi connectivity index (χ0) is 13.3. The first-order valence-electron chi connectivity index (χ1n) is 5.31. The molecular weight excluding hydrogens is 236 g/mol. The summed E-state index contributed by atoms with van der Waals surface area (Å²) in [6.07, 6.45) is 0.604. The number of hydrogen-bond donors (Lipinski definition) is 0. The van der Waals surface area contributed by atoms with Gasteiger partial charge in [-0.2, -0.15) is 0 Å². The van der Waals surface area contributed by atoms with Gasteiger partial charge in [-0.1, -0.05) is 62.4 Å². The van der Waals surface area contributed by atoms with Crippen LogP contribution in [0, 0.1) is 0 Å². The van der Waals surface area contributed by atoms with Gasteiger partial charge in [0.1, 0.15) is 0 Å². The molecule has 17 heavy (non-hydrogen) atoms. The molecule has 0 amide bonds. The van der Waals surface area contributed by atoms with E-state index in [2.05, 4.69) is 48.5 Å². The average molecular weight is 253 g/mol. The van der Waals surface area contributed by atoms with E-state index in [1.807, 2.05) is 13.8 Å². The second-order valence-electron chi connectivity index (χ2n) is 3.05. The zero-order valence-corrected chi connectivity index (χ0v) is 11.1. The summed E-state index contributed by atoms with van der Waals surface area (Å²) in [6, 6.07) is 16.7. The van der Waals surface area contributed by atoms with Crippen molar-refractivity contribution in [1.29, 1.82) is 0 Å². The molecule has 0 radical (unpaired) electrons. The molecule has 0 saturated heterocycles. The van der Waals surface area contributed by atoms with E-state index in [0.29, 0.717) is 6.26 Å². The molecule has 0 spiro atoms. The van der Waals surface area contributed by atoms with E-state index in [-0.39, 0.29) is 0 Å². The van der Waals surface area contributed by atoms with Crippen molar-refractivity contribution in [1.82, 2.24) is 0 Å². The van der Waals surface area contributed by atoms with Crippen molar-refractivity contribution in [3.8, 4) is 0 Å². The van der Waals surface area contributed by atoms with Crippen molar-refractivity contribution >= 4 is 20.9 Å². The van der Waals surface area contributed by atoms with Gasteiger partial charge in [0.05, 0.1) is 10.1 Å². The average Bonchev–Trinajstić information content (AvgIpc) is 2.30. The quantitative estimate of drug-likeness (QED) is 0.678. The van der Waals surface area contributed by atoms with E-state index in [1.54, 1.807) is 0 Å². The Hall–Kier alpha value is -1.39. The van der Waals surface area contributed by atoms with E-state index in [0.717, 1.165) is 0 Å². The lowest BCUT2D eigenvalue weighted by Crippen LogP contribution is -1.88. The second kappa shape index (κ2) is 7.81. The molecule has 0 heterocycles. The van der Waals surface area contributed by atoms with E-state index in [1.165, 1.54) is 10.8 Å². The summed E-state index contributed by atoms with van der Waals surface area (Å²) in [6.45, 7) is 4.00. The van der Waals surface area contributed by atoms with E-state index < -0.39 is 10.1 Å². The normalized spacial score (nSPS) is 9.65. The lowest BCUT2D eigenvalue weighted by Gasteiger charge is -1.92. The third-order valence-corrected chi connectivity index (χ3v) is 1.66. The summed E-state index contributed by atoms with van der Waals surface area (Å²) in [5.41, 5.74) is 0. The van der Waals surface area contributed by atoms with Crippen LogP contribution in [0.3, 0.4) is 0 Å². The highest BCUT2D eigenvalue weighted by atomic mass is 32.2. The number of fused-ring (bicyclic) bond motifs is 1. The van der Waals surface area contributed by atoms with Crippen LogP contribution in [0.4, 0.5) is 0 Å². The summed E-state index contributed by atoms with van der Waals surface area (Å²) in [5, 5.41) is 2.62. The molecule has 0 aliphatic carbocycles. The molecule has 2 aromatic carbocycles. The van der Waals surface area contributed by atoms with Crippen LogP contribution in [-0.2, 0) is 10.1 Å². The minimum atomic E-state index is -3.92. The van der Waals surface area contributed by atoms with Gasteiger partial charge in [0, 0.05) is 6.26 Å². The zero-order valence-electron chi connectivity index (χ0n) is 10.3. The third-order valence-electron chi connectivity index (χ3n) is 1.66. The topological polar surface area (TPSA) is 57.2 Å². The Kier molecular flexibility index (Phi) is 7.18. The van der Waals surface area contributed by atoms with Crippen LogP contribution >= 0.6 is 0 Å². The first-order chi connectivity index (χ1) is 7.97. The van der Waals surface area contributed by atoms with Gasteiger partial charge in [-0.25, -0.2) is 8.42 Å². The molecule has 0 aromatic heterocycles. The summed E-state index contributed by atoms with van der Waals surface area (Å²) in [7, 11) is -3.92. The Labute approximate surface area is 103 Å². The Balaban J connectivity index is 0.000000315. The number of rotatable bonds is 0. The highest BCUT2D eigenvalue weighted by molar-refractivity contribution is 7.84. The van der Waals surface area contributed by atoms with E-state index in [4.69, 9.17) is 13.0 Å². The van der Waals surface area contributed by atoms with E-state index >= 15 is 0 Å². The fourth-order valence-corrected chi connectivity index (χ4v) is 1.13. The maximum absolute atomic E-state index is 9.08. The van der Waals surface area contributed by atoms with Gasteiger partial charge in [-0.05, 0) is 10.8 Å². The van der Waals surface area contributed by atoms with E-state index in [9.17, 15) is 0 Å². The van der Waals surface area contributed by atoms with Crippen molar-refractivity contribution in [2.75, 3.05) is 6.26 Å². The van der Waals surface area contributed by atoms with Crippen molar-refractivity contribution in [3.63, 3.8) is 0 Å². The summed E-state index contributed by atoms with van der Waals surface area (Å²) in [5.74, 6) is 0. The van der Waals surface area contributed by atoms with Crippen LogP contribution < -0.4 is 0 Å². The first-order valence-corrected chi connectivity index (χ1v) is 7.13. The van der Waals surface area contributed by atoms with Crippen molar-refractivity contribution < 1.29 is 13.0 Å². The minimum Gasteiger partial charge on any atom is -0.748 e. The Morgan fingerprint density at radius 3 is 1.18 bits per heavy atom. The van der Waals surface area contributed by atoms with Crippen LogP contribution in [0.15, 0.2) is 48.5 Å². The molecule has 0 N–H and O–H groups in total. The molecule has 94 valence electrons. The molecule has 2 aromatic rings. The van der Waals surface area contributed by atoms with Crippen LogP contribution in [0.5, 0.6) is 0 Å². The van der Waals surface area contributed by atoms with Crippen LogP contribution in [0.2, 0.25) is 0 Å². The lowest BCUT2D eigenvalue weighted by molar-refractivity contribution is 0.470. The van der Waals surface area contributed by atoms with Gasteiger partial charge < -0.3 is 4.55 Å². The van der Waals surface area contributed by atoms with Crippen molar-refractivity contribution in [2.24, 2.45) is 0 Å². The predicted octanol–water partition coefficient (Wildman–Crippen LogP) is 3.03. The van der Waals surface area contributed by atoms with Crippen LogP contribution in [0.1, 0.15) is 13.8 Å². The van der Waals surface area contributed by atoms with Crippen LogP contribution in [0.25, 0.3) is 10.8 Å². The van der Waals surface area contributed by atoms with Gasteiger partial charge in [0.15, 0.2) is 0 Å². The summed E-state index contributed by atoms with van der Waals surface area (Å²) >= 11 is 0. The highest BCUT2D eigenvalue weighted by Crippen LogP contribution is 2.11. The fraction of sp³-hybridized carbons (Fsp3) is 0.231. The summed E-state index contributed by atoms with van der Waals surface area (Å²) in [4.78, 5) is 0. The molecular formula is C13H17O3S-. The Morgan fingerprint density at radius 2 is 1.00 bits per heavy atom. The highest BCUT2D eigenvalue weighted by Gasteiger charge is 1.85. The third kappa shape index (κ3) is 8.42. The molecule has 0 bridgehead atoms. The standard InChI is InChI=1S/C10H8.C2H6.CH4O3S/c1-2-6-10-8-4-3-7-9(10)5-1;1-2;1-5(2,3)4/h1-8H;1-2H3;1H3,(H,2,3,4)/p-1. The van der Waals surface area contributed by atoms with Gasteiger partial charge >= 0.3 is 0 Å². The first kappa shape index (κ1) is 15.6. The van der Waals surface area contributed by atoms with Gasteiger partial charge in [-0.15, -0.1) is 0 Å². The minimum absolute atomic E-state index is 0.604. The Bertz CT molecular complexity index is 460. The molecule has 0 atom stereocenters. The SMILES string of the molecule is CC.CS(=O)(=O)[O-].c1ccc2ccccc2c1. The molecule has 4 heteroatoms. The maximum Gasteiger partial charge on any atom is 0.0916 e. The molecule has 0 saturated carbocycles. The second-order valence-corrected chi connectivity index (χ2v) is 4.46. The molecule has 3 nitrogen and oxygen atoms in total. The molecule has 0 fully saturated rings. The number of hydrogen-bond acceptors (Lipinski definition) is 3. The smallest absolute Gasteiger partial charge is 0.0916 e. The van der Waals surface area contributed by atoms with Crippen molar-refractivity contribution in [3.05, 3.63) is 48.5 Å². The summed E-state index contributed by atoms with van der Waals surface area (Å²) < 4.78 is 27.2. The van der Waals surface area contributed by atoms with Crippen LogP contribution in [-0.4, -0.2) is 19.2 Å². The molecule has 2 rings (SSSR count). The predicted molar refractivity (Wildman–Crippen MR) is 70.9 cm³/mol. The monoisotopic (exact) mass is 253 g/mol. The van der Waals surface area contributed by atoms with Gasteiger partial charge in [0.2, 0.25) is 0 Å². The molecule has 0 aliphatic heterocycles. The maximum atomic E-state index is 9.08. The lowest BCUT2D eigenvalue weighted by atomic mass is 10.1. The fourth-order valence-electron chi connectivity index (χ4n) is 1.13. The largest absolute Gasteiger partial charge is 0.748 e.